The summed E-state index contributed by atoms with van der Waals surface area (Å²) in [6.45, 7) is 0. The van der Waals surface area contributed by atoms with Gasteiger partial charge in [-0.3, -0.25) is 29.3 Å². The van der Waals surface area contributed by atoms with Gasteiger partial charge in [-0.25, -0.2) is 56.2 Å². The van der Waals surface area contributed by atoms with Gasteiger partial charge in [-0.2, -0.15) is 26.3 Å². The van der Waals surface area contributed by atoms with E-state index in [4.69, 9.17) is 46.1 Å². The number of aromatic amines is 6. The molecule has 0 saturated carbocycles. The molecule has 0 radical (unpaired) electrons. The molecule has 32 heteroatoms. The highest BCUT2D eigenvalue weighted by atomic mass is 32.1. The van der Waals surface area contributed by atoms with Crippen molar-refractivity contribution in [2.75, 3.05) is 14.2 Å². The second kappa shape index (κ2) is 24.9. The average Bonchev–Trinajstić information content (AvgIpc) is 0.821. The second-order valence-electron chi connectivity index (χ2n) is 18.6. The fourth-order valence-electron chi connectivity index (χ4n) is 8.88. The zero-order valence-electron chi connectivity index (χ0n) is 45.0. The zero-order chi connectivity index (χ0) is 64.7. The van der Waals surface area contributed by atoms with Gasteiger partial charge in [0, 0.05) is 33.4 Å². The monoisotopic (exact) mass is 1300 g/mol. The number of nitrogens with zero attached hydrogens (tertiary/aromatic N) is 6. The summed E-state index contributed by atoms with van der Waals surface area (Å²) >= 11 is 14.8. The molecule has 0 amide bonds. The van der Waals surface area contributed by atoms with E-state index < -0.39 is 80.8 Å². The van der Waals surface area contributed by atoms with Crippen molar-refractivity contribution in [1.82, 2.24) is 59.8 Å². The van der Waals surface area contributed by atoms with Crippen LogP contribution in [0.2, 0.25) is 0 Å². The van der Waals surface area contributed by atoms with Crippen molar-refractivity contribution in [3.8, 4) is 79.0 Å². The second-order valence-corrected chi connectivity index (χ2v) is 19.9. The summed E-state index contributed by atoms with van der Waals surface area (Å²) in [6, 6.07) is 25.3. The van der Waals surface area contributed by atoms with E-state index in [1.807, 2.05) is 48.5 Å². The van der Waals surface area contributed by atoms with Crippen LogP contribution in [-0.2, 0) is 12.4 Å². The highest BCUT2D eigenvalue weighted by Crippen LogP contribution is 2.41. The molecular formula is C58H32F12N12O5S3. The molecular weight excluding hydrogens is 1270 g/mol. The number of ether oxygens (including phenoxy) is 2. The molecule has 6 heterocycles. The molecule has 456 valence electrons. The maximum Gasteiger partial charge on any atom is 0.416 e. The van der Waals surface area contributed by atoms with Crippen LogP contribution in [0.5, 0.6) is 11.5 Å². The molecule has 0 atom stereocenters. The number of fused-ring (bicyclic) bond motifs is 3. The molecule has 0 spiro atoms. The van der Waals surface area contributed by atoms with Gasteiger partial charge in [0.1, 0.15) is 22.9 Å². The van der Waals surface area contributed by atoms with Crippen LogP contribution >= 0.6 is 36.7 Å². The topological polar surface area (TPSA) is 242 Å². The SMILES string of the molecule is COc1ccccc1-c1nc2[nH]c(=S)[nH]c(=O)c2nc1-c1ccccc1OC.O=c1[nH]c(=S)[nH]c2nc(-c3cc(F)c(F)c(F)c3)c(-c3cc(F)c(F)c(F)c3)nc12.O=c1[nH]c(=S)[nH]c2nc(-c3cccc(C(F)(F)F)c3)c(-c3cccc(C(F)(F)F)c3)nc12. The lowest BCUT2D eigenvalue weighted by Crippen LogP contribution is -2.12. The Balaban J connectivity index is 0.000000149. The number of benzene rings is 6. The first kappa shape index (κ1) is 62.5. The Morgan fingerprint density at radius 2 is 0.667 bits per heavy atom. The summed E-state index contributed by atoms with van der Waals surface area (Å²) in [4.78, 5) is 77.6. The van der Waals surface area contributed by atoms with Gasteiger partial charge >= 0.3 is 12.4 Å². The van der Waals surface area contributed by atoms with Gasteiger partial charge in [-0.05, 0) is 109 Å². The minimum atomic E-state index is -4.67. The van der Waals surface area contributed by atoms with Crippen LogP contribution in [0.3, 0.4) is 0 Å². The highest BCUT2D eigenvalue weighted by molar-refractivity contribution is 7.71. The Morgan fingerprint density at radius 1 is 0.367 bits per heavy atom. The summed E-state index contributed by atoms with van der Waals surface area (Å²) < 4.78 is 172. The van der Waals surface area contributed by atoms with Crippen LogP contribution in [0.4, 0.5) is 52.7 Å². The summed E-state index contributed by atoms with van der Waals surface area (Å²) in [5, 5.41) is 0. The van der Waals surface area contributed by atoms with E-state index in [0.29, 0.717) is 58.4 Å². The molecule has 17 nitrogen and oxygen atoms in total. The number of hydrogen-bond donors (Lipinski definition) is 6. The lowest BCUT2D eigenvalue weighted by atomic mass is 10.0. The van der Waals surface area contributed by atoms with Crippen LogP contribution in [0.25, 0.3) is 101 Å². The summed E-state index contributed by atoms with van der Waals surface area (Å²) in [6.07, 6.45) is -9.33. The number of rotatable bonds is 8. The highest BCUT2D eigenvalue weighted by Gasteiger charge is 2.33. The first-order valence-electron chi connectivity index (χ1n) is 25.3. The molecule has 12 aromatic rings. The van der Waals surface area contributed by atoms with Gasteiger partial charge < -0.3 is 24.4 Å². The molecule has 0 aliphatic rings. The summed E-state index contributed by atoms with van der Waals surface area (Å²) in [5.74, 6) is -8.52. The largest absolute Gasteiger partial charge is 0.496 e. The number of H-pyrrole nitrogens is 6. The number of para-hydroxylation sites is 2. The van der Waals surface area contributed by atoms with E-state index in [1.165, 1.54) is 12.1 Å². The van der Waals surface area contributed by atoms with Gasteiger partial charge in [0.05, 0.1) is 48.1 Å². The van der Waals surface area contributed by atoms with E-state index in [9.17, 15) is 67.1 Å². The molecule has 0 aliphatic carbocycles. The first-order valence-corrected chi connectivity index (χ1v) is 26.5. The average molecular weight is 1300 g/mol. The molecule has 6 N–H and O–H groups in total. The smallest absolute Gasteiger partial charge is 0.416 e. The maximum absolute atomic E-state index is 13.8. The van der Waals surface area contributed by atoms with Gasteiger partial charge in [-0.1, -0.05) is 48.5 Å². The van der Waals surface area contributed by atoms with Crippen molar-refractivity contribution in [2.24, 2.45) is 0 Å². The van der Waals surface area contributed by atoms with E-state index in [2.05, 4.69) is 59.8 Å². The number of hydrogen-bond acceptors (Lipinski definition) is 14. The predicted octanol–water partition coefficient (Wildman–Crippen LogP) is 14.0. The van der Waals surface area contributed by atoms with Crippen molar-refractivity contribution in [3.63, 3.8) is 0 Å². The fourth-order valence-corrected chi connectivity index (χ4v) is 9.45. The van der Waals surface area contributed by atoms with Crippen molar-refractivity contribution in [1.29, 1.82) is 0 Å². The zero-order valence-corrected chi connectivity index (χ0v) is 47.5. The molecule has 0 aliphatic heterocycles. The lowest BCUT2D eigenvalue weighted by molar-refractivity contribution is -0.138. The number of alkyl halides is 6. The maximum atomic E-state index is 13.8. The van der Waals surface area contributed by atoms with E-state index in [1.54, 1.807) is 14.2 Å². The Morgan fingerprint density at radius 3 is 1.02 bits per heavy atom. The number of nitrogens with one attached hydrogen (secondary N) is 6. The Bertz CT molecular complexity index is 5200. The number of methoxy groups -OCH3 is 2. The number of halogens is 12. The van der Waals surface area contributed by atoms with E-state index in [-0.39, 0.29) is 81.5 Å². The molecule has 90 heavy (non-hydrogen) atoms. The van der Waals surface area contributed by atoms with E-state index >= 15 is 0 Å². The van der Waals surface area contributed by atoms with Crippen LogP contribution < -0.4 is 26.2 Å². The van der Waals surface area contributed by atoms with E-state index in [0.717, 1.165) is 42.0 Å². The quantitative estimate of drug-likeness (QED) is 0.0471. The molecule has 6 aromatic carbocycles. The van der Waals surface area contributed by atoms with Gasteiger partial charge in [0.25, 0.3) is 16.7 Å². The van der Waals surface area contributed by atoms with Crippen molar-refractivity contribution in [3.05, 3.63) is 213 Å². The Kier molecular flexibility index (Phi) is 17.3. The normalized spacial score (nSPS) is 11.5. The summed E-state index contributed by atoms with van der Waals surface area (Å²) in [7, 11) is 3.18. The van der Waals surface area contributed by atoms with Crippen molar-refractivity contribution in [2.45, 2.75) is 12.4 Å². The van der Waals surface area contributed by atoms with Crippen LogP contribution in [0.1, 0.15) is 11.1 Å². The molecule has 6 aromatic heterocycles. The third-order valence-corrected chi connectivity index (χ3v) is 13.5. The first-order chi connectivity index (χ1) is 42.7. The van der Waals surface area contributed by atoms with Crippen LogP contribution in [-0.4, -0.2) is 74.0 Å². The minimum absolute atomic E-state index is 0.0544. The third kappa shape index (κ3) is 12.9. The molecule has 0 saturated heterocycles. The van der Waals surface area contributed by atoms with Gasteiger partial charge in [-0.15, -0.1) is 0 Å². The lowest BCUT2D eigenvalue weighted by Gasteiger charge is -2.14. The standard InChI is InChI=1S/C20H10F6N4OS.C20H16N4O3S.C18H6F6N4OS/c21-19(22,23)11-5-1-3-9(7-11)13-14(10-4-2-6-12(8-10)20(24,25)26)28-16-15(27-13)17(31)30-18(32)29-16;1-26-13-9-5-3-7-11(13)15-16(12-8-4-6-10-14(12)27-2)22-18-17(21-15)19(25)24-20(28)23-18;19-7-1-5(2-8(20)11(7)23)13-14(6-3-9(21)12(24)10(22)4-6)26-16-15(25-13)17(29)28-18(30)27-16/h1-8H,(H2,28,29,30,31,32);3-10H,1-2H3,(H2,22,23,24,25,28);1-4H,(H2,26,27,28,29,30). The third-order valence-electron chi connectivity index (χ3n) is 12.9. The van der Waals surface area contributed by atoms with Gasteiger partial charge in [0.2, 0.25) is 0 Å². The Labute approximate surface area is 508 Å². The molecule has 0 unspecified atom stereocenters. The van der Waals surface area contributed by atoms with Crippen molar-refractivity contribution >= 4 is 70.1 Å². The molecule has 12 rings (SSSR count). The van der Waals surface area contributed by atoms with Gasteiger partial charge in [0.15, 0.2) is 82.7 Å². The minimum Gasteiger partial charge on any atom is -0.496 e. The number of aromatic nitrogens is 12. The summed E-state index contributed by atoms with van der Waals surface area (Å²) in [5.41, 5.74) is -3.95. The fraction of sp³-hybridized carbons (Fsp3) is 0.0690. The predicted molar refractivity (Wildman–Crippen MR) is 312 cm³/mol. The molecule has 0 fully saturated rings. The van der Waals surface area contributed by atoms with Crippen LogP contribution in [0.15, 0.2) is 136 Å². The molecule has 0 bridgehead atoms. The van der Waals surface area contributed by atoms with Crippen LogP contribution in [0, 0.1) is 49.2 Å². The van der Waals surface area contributed by atoms with Crippen molar-refractivity contribution < 1.29 is 62.2 Å². The Hall–Kier alpha value is -10.6.